The van der Waals surface area contributed by atoms with Crippen molar-refractivity contribution in [3.05, 3.63) is 83.4 Å². The molecule has 4 atom stereocenters. The first-order valence-corrected chi connectivity index (χ1v) is 11.6. The van der Waals surface area contributed by atoms with Crippen molar-refractivity contribution < 1.29 is 19.8 Å². The van der Waals surface area contributed by atoms with Gasteiger partial charge in [0.25, 0.3) is 0 Å². The van der Waals surface area contributed by atoms with Crippen LogP contribution < -0.4 is 16.2 Å². The average molecular weight is 496 g/mol. The molecule has 182 valence electrons. The quantitative estimate of drug-likeness (QED) is 0.305. The second-order valence-corrected chi connectivity index (χ2v) is 8.90. The summed E-state index contributed by atoms with van der Waals surface area (Å²) in [4.78, 5) is 32.5. The van der Waals surface area contributed by atoms with Crippen molar-refractivity contribution in [2.24, 2.45) is 0 Å². The molecular formula is C25H26ClN5O4. The number of aliphatic hydroxyl groups is 1. The van der Waals surface area contributed by atoms with Gasteiger partial charge in [-0.1, -0.05) is 48.0 Å². The number of benzene rings is 2. The first kappa shape index (κ1) is 24.7. The molecule has 10 heteroatoms. The van der Waals surface area contributed by atoms with Crippen LogP contribution >= 0.6 is 11.6 Å². The number of rotatable bonds is 9. The molecule has 35 heavy (non-hydrogen) atoms. The molecule has 2 aromatic carbocycles. The number of carboxylic acid groups (broad SMARTS) is 1. The van der Waals surface area contributed by atoms with E-state index in [2.05, 4.69) is 26.1 Å². The number of aliphatic hydroxyl groups excluding tert-OH is 1. The molecule has 1 saturated heterocycles. The summed E-state index contributed by atoms with van der Waals surface area (Å²) in [5.74, 6) is -1.62. The maximum Gasteiger partial charge on any atom is 0.332 e. The number of aromatic nitrogens is 2. The smallest absolute Gasteiger partial charge is 0.332 e. The van der Waals surface area contributed by atoms with Crippen LogP contribution in [-0.2, 0) is 16.0 Å². The van der Waals surface area contributed by atoms with E-state index < -0.39 is 24.2 Å². The third kappa shape index (κ3) is 6.61. The van der Waals surface area contributed by atoms with Crippen molar-refractivity contribution >= 4 is 23.5 Å². The van der Waals surface area contributed by atoms with Crippen LogP contribution in [0.5, 0.6) is 0 Å². The number of nitrogens with one attached hydrogen (secondary N) is 3. The largest absolute Gasteiger partial charge is 0.479 e. The lowest BCUT2D eigenvalue weighted by molar-refractivity contribution is -0.147. The Labute approximate surface area is 207 Å². The third-order valence-corrected chi connectivity index (χ3v) is 6.13. The highest BCUT2D eigenvalue weighted by atomic mass is 35.5. The second-order valence-electron chi connectivity index (χ2n) is 8.47. The second kappa shape index (κ2) is 11.4. The Morgan fingerprint density at radius 3 is 2.60 bits per heavy atom. The highest BCUT2D eigenvalue weighted by molar-refractivity contribution is 6.30. The zero-order valence-corrected chi connectivity index (χ0v) is 19.5. The average Bonchev–Trinajstić information content (AvgIpc) is 3.35. The molecule has 0 bridgehead atoms. The standard InChI is InChI=1S/C25H26ClN5O4/c26-18-3-1-2-17(11-18)16-6-4-15(5-7-16)10-19(12-23(32)25(34)35)29-24(33)21-13-20(30-31-21)22-14-27-8-9-28-22/h1-9,11,14,19-21,23,30-32H,10,12-13H2,(H,29,33)(H,34,35)/t19-,20?,21?,23-/m1/s1. The maximum atomic E-state index is 13.0. The van der Waals surface area contributed by atoms with E-state index in [1.807, 2.05) is 48.5 Å². The fourth-order valence-electron chi connectivity index (χ4n) is 4.06. The van der Waals surface area contributed by atoms with Gasteiger partial charge in [0.15, 0.2) is 6.10 Å². The molecule has 9 nitrogen and oxygen atoms in total. The molecule has 0 spiro atoms. The van der Waals surface area contributed by atoms with E-state index in [0.717, 1.165) is 16.7 Å². The number of halogens is 1. The minimum Gasteiger partial charge on any atom is -0.479 e. The molecule has 0 aliphatic carbocycles. The van der Waals surface area contributed by atoms with Crippen LogP contribution in [0.3, 0.4) is 0 Å². The van der Waals surface area contributed by atoms with E-state index in [1.54, 1.807) is 18.6 Å². The normalized spacial score (nSPS) is 19.1. The summed E-state index contributed by atoms with van der Waals surface area (Å²) in [5.41, 5.74) is 9.58. The molecule has 1 amide bonds. The summed E-state index contributed by atoms with van der Waals surface area (Å²) in [6.07, 6.45) is 3.91. The van der Waals surface area contributed by atoms with Crippen molar-refractivity contribution in [1.29, 1.82) is 0 Å². The Bertz CT molecular complexity index is 1160. The number of carbonyl (C=O) groups excluding carboxylic acids is 1. The fourth-order valence-corrected chi connectivity index (χ4v) is 4.25. The van der Waals surface area contributed by atoms with Gasteiger partial charge in [0.2, 0.25) is 5.91 Å². The third-order valence-electron chi connectivity index (χ3n) is 5.89. The maximum absolute atomic E-state index is 13.0. The van der Waals surface area contributed by atoms with Crippen molar-refractivity contribution in [2.75, 3.05) is 0 Å². The highest BCUT2D eigenvalue weighted by Gasteiger charge is 2.32. The Kier molecular flexibility index (Phi) is 8.04. The molecule has 2 heterocycles. The summed E-state index contributed by atoms with van der Waals surface area (Å²) in [6.45, 7) is 0. The number of hydrazine groups is 1. The van der Waals surface area contributed by atoms with Gasteiger partial charge in [0.1, 0.15) is 6.04 Å². The van der Waals surface area contributed by atoms with Gasteiger partial charge < -0.3 is 15.5 Å². The number of carboxylic acids is 1. The van der Waals surface area contributed by atoms with Crippen LogP contribution in [0, 0.1) is 0 Å². The summed E-state index contributed by atoms with van der Waals surface area (Å²) >= 11 is 6.09. The number of carbonyl (C=O) groups is 2. The molecule has 0 saturated carbocycles. The molecule has 1 aliphatic heterocycles. The van der Waals surface area contributed by atoms with Gasteiger partial charge in [0.05, 0.1) is 17.9 Å². The van der Waals surface area contributed by atoms with E-state index in [1.165, 1.54) is 0 Å². The fraction of sp³-hybridized carbons (Fsp3) is 0.280. The van der Waals surface area contributed by atoms with E-state index in [9.17, 15) is 19.8 Å². The predicted molar refractivity (Wildman–Crippen MR) is 130 cm³/mol. The molecule has 1 aliphatic rings. The number of hydrogen-bond donors (Lipinski definition) is 5. The van der Waals surface area contributed by atoms with E-state index >= 15 is 0 Å². The zero-order valence-electron chi connectivity index (χ0n) is 18.8. The van der Waals surface area contributed by atoms with E-state index in [-0.39, 0.29) is 18.4 Å². The van der Waals surface area contributed by atoms with Gasteiger partial charge in [-0.3, -0.25) is 14.8 Å². The predicted octanol–water partition coefficient (Wildman–Crippen LogP) is 2.27. The first-order valence-electron chi connectivity index (χ1n) is 11.2. The summed E-state index contributed by atoms with van der Waals surface area (Å²) < 4.78 is 0. The van der Waals surface area contributed by atoms with Crippen LogP contribution in [-0.4, -0.2) is 50.2 Å². The van der Waals surface area contributed by atoms with Gasteiger partial charge in [-0.25, -0.2) is 15.6 Å². The Morgan fingerprint density at radius 2 is 1.91 bits per heavy atom. The molecule has 3 aromatic rings. The SMILES string of the molecule is O=C(N[C@H](Cc1ccc(-c2cccc(Cl)c2)cc1)C[C@@H](O)C(=O)O)C1CC(c2cnccn2)NN1. The minimum absolute atomic E-state index is 0.120. The van der Waals surface area contributed by atoms with Crippen LogP contribution in [0.25, 0.3) is 11.1 Å². The summed E-state index contributed by atoms with van der Waals surface area (Å²) in [6, 6.07) is 14.0. The molecule has 4 rings (SSSR count). The molecule has 2 unspecified atom stereocenters. The van der Waals surface area contributed by atoms with Crippen molar-refractivity contribution in [2.45, 2.75) is 43.5 Å². The highest BCUT2D eigenvalue weighted by Crippen LogP contribution is 2.24. The lowest BCUT2D eigenvalue weighted by Gasteiger charge is -2.22. The number of nitrogens with zero attached hydrogens (tertiary/aromatic N) is 2. The number of amides is 1. The van der Waals surface area contributed by atoms with Crippen LogP contribution in [0.15, 0.2) is 67.1 Å². The number of hydrogen-bond acceptors (Lipinski definition) is 7. The van der Waals surface area contributed by atoms with Crippen LogP contribution in [0.4, 0.5) is 0 Å². The topological polar surface area (TPSA) is 136 Å². The van der Waals surface area contributed by atoms with Gasteiger partial charge in [0, 0.05) is 29.9 Å². The van der Waals surface area contributed by atoms with Crippen molar-refractivity contribution in [3.8, 4) is 11.1 Å². The van der Waals surface area contributed by atoms with Crippen molar-refractivity contribution in [1.82, 2.24) is 26.1 Å². The van der Waals surface area contributed by atoms with Gasteiger partial charge in [-0.2, -0.15) is 0 Å². The monoisotopic (exact) mass is 495 g/mol. The van der Waals surface area contributed by atoms with E-state index in [0.29, 0.717) is 23.6 Å². The molecule has 1 fully saturated rings. The molecule has 0 radical (unpaired) electrons. The van der Waals surface area contributed by atoms with Gasteiger partial charge in [-0.15, -0.1) is 0 Å². The zero-order chi connectivity index (χ0) is 24.8. The Balaban J connectivity index is 1.42. The van der Waals surface area contributed by atoms with Gasteiger partial charge in [-0.05, 0) is 41.7 Å². The molecular weight excluding hydrogens is 470 g/mol. The molecule has 5 N–H and O–H groups in total. The lowest BCUT2D eigenvalue weighted by Crippen LogP contribution is -2.48. The number of aliphatic carboxylic acids is 1. The molecule has 1 aromatic heterocycles. The minimum atomic E-state index is -1.59. The van der Waals surface area contributed by atoms with Gasteiger partial charge >= 0.3 is 5.97 Å². The first-order chi connectivity index (χ1) is 16.9. The van der Waals surface area contributed by atoms with Crippen molar-refractivity contribution in [3.63, 3.8) is 0 Å². The Morgan fingerprint density at radius 1 is 1.11 bits per heavy atom. The lowest BCUT2D eigenvalue weighted by atomic mass is 9.97. The van der Waals surface area contributed by atoms with Crippen LogP contribution in [0.2, 0.25) is 5.02 Å². The summed E-state index contributed by atoms with van der Waals surface area (Å²) in [7, 11) is 0. The Hall–Kier alpha value is -3.37. The van der Waals surface area contributed by atoms with E-state index in [4.69, 9.17) is 11.6 Å². The summed E-state index contributed by atoms with van der Waals surface area (Å²) in [5, 5.41) is 22.7. The van der Waals surface area contributed by atoms with Crippen LogP contribution in [0.1, 0.15) is 30.1 Å².